The Morgan fingerprint density at radius 2 is 0.622 bits per heavy atom. The molecule has 2 heterocycles. The van der Waals surface area contributed by atoms with E-state index >= 15 is 0 Å². The van der Waals surface area contributed by atoms with Crippen molar-refractivity contribution in [1.29, 1.82) is 10.5 Å². The summed E-state index contributed by atoms with van der Waals surface area (Å²) >= 11 is 0. The van der Waals surface area contributed by atoms with E-state index in [1.165, 1.54) is 0 Å². The molecule has 0 unspecified atom stereocenters. The van der Waals surface area contributed by atoms with Crippen LogP contribution in [0, 0.1) is 22.7 Å². The van der Waals surface area contributed by atoms with E-state index in [4.69, 9.17) is 15.0 Å². The zero-order valence-corrected chi connectivity index (χ0v) is 48.7. The maximum atomic E-state index is 10.6. The average Bonchev–Trinajstić information content (AvgIpc) is 1.58. The SMILES string of the molecule is N#Cc1ccccc1-c1ccc(-c2nc(-c3ccccc3)nc(-c3ccc(-c4ccccc4C#N)cc3-n3c4ccc(-c5ccccc5)cc4c4cc(-c5ccccc5)ccc43)n2)c(C2c3ccc(-c4ccccc4)cc3-c3cc(-c4ccccc4)ccc32)c1. The highest BCUT2D eigenvalue weighted by atomic mass is 15.1. The minimum atomic E-state index is -0.275. The van der Waals surface area contributed by atoms with E-state index in [2.05, 4.69) is 247 Å². The van der Waals surface area contributed by atoms with E-state index in [0.717, 1.165) is 139 Å². The largest absolute Gasteiger partial charge is 0.308 e. The lowest BCUT2D eigenvalue weighted by Gasteiger charge is -2.21. The molecule has 13 aromatic carbocycles. The fourth-order valence-corrected chi connectivity index (χ4v) is 13.4. The van der Waals surface area contributed by atoms with E-state index in [9.17, 15) is 10.5 Å². The third-order valence-corrected chi connectivity index (χ3v) is 17.7. The maximum absolute atomic E-state index is 10.6. The van der Waals surface area contributed by atoms with E-state index in [1.54, 1.807) is 0 Å². The Morgan fingerprint density at radius 3 is 1.09 bits per heavy atom. The van der Waals surface area contributed by atoms with Crippen LogP contribution in [0.5, 0.6) is 0 Å². The molecule has 0 fully saturated rings. The van der Waals surface area contributed by atoms with Crippen LogP contribution in [0.25, 0.3) is 140 Å². The second kappa shape index (κ2) is 22.5. The minimum absolute atomic E-state index is 0.275. The van der Waals surface area contributed by atoms with Crippen molar-refractivity contribution in [3.05, 3.63) is 337 Å². The van der Waals surface area contributed by atoms with Gasteiger partial charge in [0.25, 0.3) is 0 Å². The molecule has 0 saturated heterocycles. The molecule has 1 aliphatic rings. The third-order valence-electron chi connectivity index (χ3n) is 17.7. The summed E-state index contributed by atoms with van der Waals surface area (Å²) < 4.78 is 2.35. The maximum Gasteiger partial charge on any atom is 0.166 e. The van der Waals surface area contributed by atoms with Crippen LogP contribution in [0.2, 0.25) is 0 Å². The molecule has 15 aromatic rings. The number of aromatic nitrogens is 4. The van der Waals surface area contributed by atoms with Crippen LogP contribution < -0.4 is 0 Å². The number of benzene rings is 13. The molecule has 2 aromatic heterocycles. The Bertz CT molecular complexity index is 5190. The molecule has 0 radical (unpaired) electrons. The molecule has 0 N–H and O–H groups in total. The van der Waals surface area contributed by atoms with Crippen LogP contribution >= 0.6 is 0 Å². The van der Waals surface area contributed by atoms with Crippen molar-refractivity contribution >= 4 is 21.8 Å². The van der Waals surface area contributed by atoms with Crippen LogP contribution in [0.15, 0.2) is 309 Å². The summed E-state index contributed by atoms with van der Waals surface area (Å²) in [6, 6.07) is 113. The van der Waals surface area contributed by atoms with Crippen molar-refractivity contribution in [3.8, 4) is 130 Å². The molecule has 0 atom stereocenters. The van der Waals surface area contributed by atoms with Gasteiger partial charge >= 0.3 is 0 Å². The van der Waals surface area contributed by atoms with E-state index in [1.807, 2.05) is 78.9 Å². The molecule has 16 rings (SSSR count). The Morgan fingerprint density at radius 1 is 0.256 bits per heavy atom. The van der Waals surface area contributed by atoms with Gasteiger partial charge in [-0.25, -0.2) is 15.0 Å². The lowest BCUT2D eigenvalue weighted by Crippen LogP contribution is -2.07. The first-order valence-corrected chi connectivity index (χ1v) is 30.2. The molecule has 6 nitrogen and oxygen atoms in total. The Labute approximate surface area is 521 Å². The molecule has 418 valence electrons. The molecule has 0 bridgehead atoms. The van der Waals surface area contributed by atoms with Gasteiger partial charge in [0.2, 0.25) is 0 Å². The number of nitrogens with zero attached hydrogens (tertiary/aromatic N) is 6. The summed E-state index contributed by atoms with van der Waals surface area (Å²) in [6.07, 6.45) is 0. The van der Waals surface area contributed by atoms with Crippen LogP contribution in [-0.4, -0.2) is 19.5 Å². The predicted molar refractivity (Wildman–Crippen MR) is 365 cm³/mol. The quantitative estimate of drug-likeness (QED) is 0.129. The fraction of sp³-hybridized carbons (Fsp3) is 0.0119. The van der Waals surface area contributed by atoms with Crippen molar-refractivity contribution in [2.45, 2.75) is 5.92 Å². The van der Waals surface area contributed by atoms with Crippen molar-refractivity contribution < 1.29 is 0 Å². The Balaban J connectivity index is 0.968. The van der Waals surface area contributed by atoms with Gasteiger partial charge in [-0.3, -0.25) is 0 Å². The lowest BCUT2D eigenvalue weighted by molar-refractivity contribution is 1.00. The summed E-state index contributed by atoms with van der Waals surface area (Å²) in [7, 11) is 0. The van der Waals surface area contributed by atoms with Gasteiger partial charge < -0.3 is 4.57 Å². The van der Waals surface area contributed by atoms with Gasteiger partial charge in [0.05, 0.1) is 40.0 Å². The molecular formula is C84H52N6. The molecule has 6 heteroatoms. The highest BCUT2D eigenvalue weighted by Crippen LogP contribution is 2.53. The summed E-state index contributed by atoms with van der Waals surface area (Å²) in [5.74, 6) is 1.21. The number of hydrogen-bond donors (Lipinski definition) is 0. The molecule has 0 aliphatic heterocycles. The third kappa shape index (κ3) is 9.41. The van der Waals surface area contributed by atoms with Gasteiger partial charge in [-0.05, 0) is 161 Å². The molecule has 0 spiro atoms. The van der Waals surface area contributed by atoms with Gasteiger partial charge in [-0.15, -0.1) is 0 Å². The van der Waals surface area contributed by atoms with Gasteiger partial charge in [0.1, 0.15) is 0 Å². The number of nitriles is 2. The van der Waals surface area contributed by atoms with Gasteiger partial charge in [0.15, 0.2) is 17.5 Å². The van der Waals surface area contributed by atoms with Crippen molar-refractivity contribution in [3.63, 3.8) is 0 Å². The van der Waals surface area contributed by atoms with E-state index in [0.29, 0.717) is 28.6 Å². The van der Waals surface area contributed by atoms with Crippen LogP contribution in [0.4, 0.5) is 0 Å². The first kappa shape index (κ1) is 53.1. The monoisotopic (exact) mass is 1140 g/mol. The number of rotatable bonds is 11. The minimum Gasteiger partial charge on any atom is -0.308 e. The molecule has 0 saturated carbocycles. The summed E-state index contributed by atoms with van der Waals surface area (Å²) in [4.78, 5) is 16.8. The van der Waals surface area contributed by atoms with Crippen molar-refractivity contribution in [2.75, 3.05) is 0 Å². The highest BCUT2D eigenvalue weighted by Gasteiger charge is 2.34. The molecular weight excluding hydrogens is 1090 g/mol. The van der Waals surface area contributed by atoms with E-state index in [-0.39, 0.29) is 5.92 Å². The fourth-order valence-electron chi connectivity index (χ4n) is 13.4. The normalized spacial score (nSPS) is 11.7. The zero-order chi connectivity index (χ0) is 60.1. The zero-order valence-electron chi connectivity index (χ0n) is 48.7. The second-order valence-corrected chi connectivity index (χ2v) is 22.8. The predicted octanol–water partition coefficient (Wildman–Crippen LogP) is 20.9. The molecule has 0 amide bonds. The van der Waals surface area contributed by atoms with E-state index < -0.39 is 0 Å². The second-order valence-electron chi connectivity index (χ2n) is 22.8. The average molecular weight is 1150 g/mol. The van der Waals surface area contributed by atoms with Crippen LogP contribution in [0.3, 0.4) is 0 Å². The smallest absolute Gasteiger partial charge is 0.166 e. The molecule has 90 heavy (non-hydrogen) atoms. The highest BCUT2D eigenvalue weighted by molar-refractivity contribution is 6.12. The lowest BCUT2D eigenvalue weighted by atomic mass is 9.83. The summed E-state index contributed by atoms with van der Waals surface area (Å²) in [5.41, 5.74) is 24.5. The molecule has 1 aliphatic carbocycles. The Hall–Kier alpha value is -12.4. The van der Waals surface area contributed by atoms with Gasteiger partial charge in [-0.2, -0.15) is 10.5 Å². The van der Waals surface area contributed by atoms with Gasteiger partial charge in [0, 0.05) is 33.4 Å². The standard InChI is InChI=1S/C84H52N6/c85-52-65-30-16-18-32-67(65)63-36-42-71(77(50-63)81-69-40-34-59(54-20-6-1-7-21-54)46-73(69)74-47-60(35-41-70(74)81)55-22-8-2-9-23-55)83-87-82(58-28-14-5-15-29-58)88-84(89-83)72-43-37-64(68-33-19-17-31-66(68)53-86)51-80(72)90-78-44-38-61(56-24-10-3-11-25-56)48-75(78)76-49-62(39-45-79(76)90)57-26-12-4-13-27-57/h1-51,81H. The van der Waals surface area contributed by atoms with Crippen molar-refractivity contribution in [1.82, 2.24) is 19.5 Å². The van der Waals surface area contributed by atoms with Crippen molar-refractivity contribution in [2.24, 2.45) is 0 Å². The first-order valence-electron chi connectivity index (χ1n) is 30.2. The summed E-state index contributed by atoms with van der Waals surface area (Å²) in [6.45, 7) is 0. The van der Waals surface area contributed by atoms with Gasteiger partial charge in [-0.1, -0.05) is 243 Å². The number of hydrogen-bond acceptors (Lipinski definition) is 5. The number of fused-ring (bicyclic) bond motifs is 6. The summed E-state index contributed by atoms with van der Waals surface area (Å²) in [5, 5.41) is 23.4. The van der Waals surface area contributed by atoms with Crippen LogP contribution in [-0.2, 0) is 0 Å². The van der Waals surface area contributed by atoms with Crippen LogP contribution in [0.1, 0.15) is 33.7 Å². The Kier molecular flexibility index (Phi) is 13.3. The first-order chi connectivity index (χ1) is 44.5. The topological polar surface area (TPSA) is 91.2 Å².